The highest BCUT2D eigenvalue weighted by Crippen LogP contribution is 2.42. The summed E-state index contributed by atoms with van der Waals surface area (Å²) in [6.07, 6.45) is 2.05. The lowest BCUT2D eigenvalue weighted by Gasteiger charge is -2.13. The minimum absolute atomic E-state index is 1.02. The van der Waals surface area contributed by atoms with Crippen molar-refractivity contribution < 1.29 is 0 Å². The number of rotatable bonds is 3. The molecule has 0 radical (unpaired) electrons. The lowest BCUT2D eigenvalue weighted by Crippen LogP contribution is -1.98. The summed E-state index contributed by atoms with van der Waals surface area (Å²) in [6.45, 7) is 0. The lowest BCUT2D eigenvalue weighted by molar-refractivity contribution is 1.15. The van der Waals surface area contributed by atoms with Gasteiger partial charge in [0.2, 0.25) is 0 Å². The molecule has 0 aliphatic carbocycles. The van der Waals surface area contributed by atoms with Crippen LogP contribution in [0.25, 0.3) is 97.2 Å². The molecule has 0 saturated heterocycles. The van der Waals surface area contributed by atoms with Crippen LogP contribution in [0.5, 0.6) is 0 Å². The Bertz CT molecular complexity index is 3110. The van der Waals surface area contributed by atoms with E-state index >= 15 is 0 Å². The molecule has 0 fully saturated rings. The predicted molar refractivity (Wildman–Crippen MR) is 209 cm³/mol. The van der Waals surface area contributed by atoms with E-state index < -0.39 is 0 Å². The Balaban J connectivity index is 1.18. The number of hydrogen-bond donors (Lipinski definition) is 0. The number of para-hydroxylation sites is 3. The highest BCUT2D eigenvalue weighted by atomic mass is 32.1. The number of benzene rings is 7. The predicted octanol–water partition coefficient (Wildman–Crippen LogP) is 12.5. The van der Waals surface area contributed by atoms with Crippen LogP contribution in [0.1, 0.15) is 0 Å². The van der Waals surface area contributed by atoms with Gasteiger partial charge in [0.05, 0.1) is 27.6 Å². The summed E-state index contributed by atoms with van der Waals surface area (Å²) >= 11 is 1.85. The van der Waals surface area contributed by atoms with E-state index in [0.29, 0.717) is 0 Å². The van der Waals surface area contributed by atoms with Crippen LogP contribution in [0.4, 0.5) is 0 Å². The molecule has 0 amide bonds. The van der Waals surface area contributed by atoms with Crippen molar-refractivity contribution in [1.82, 2.24) is 14.1 Å². The topological polar surface area (TPSA) is 22.8 Å². The van der Waals surface area contributed by atoms with E-state index in [1.165, 1.54) is 74.7 Å². The SMILES string of the molecule is c1ccc(-n2c3ccccc3c3ccc4c5ccccc5n(-c5cccc(-c6ccc7c(c6)ncc6c8ccccc8sc76)c5)c4c32)cc1. The molecule has 7 aromatic carbocycles. The van der Waals surface area contributed by atoms with Crippen molar-refractivity contribution in [2.24, 2.45) is 0 Å². The van der Waals surface area contributed by atoms with Gasteiger partial charge in [-0.1, -0.05) is 109 Å². The molecule has 4 heterocycles. The van der Waals surface area contributed by atoms with E-state index in [0.717, 1.165) is 22.5 Å². The van der Waals surface area contributed by atoms with Crippen molar-refractivity contribution in [3.8, 4) is 22.5 Å². The van der Waals surface area contributed by atoms with Gasteiger partial charge in [-0.05, 0) is 59.7 Å². The fraction of sp³-hybridized carbons (Fsp3) is 0. The first kappa shape index (κ1) is 26.8. The smallest absolute Gasteiger partial charge is 0.0788 e. The van der Waals surface area contributed by atoms with Gasteiger partial charge in [-0.15, -0.1) is 11.3 Å². The second-order valence-electron chi connectivity index (χ2n) is 12.8. The maximum absolute atomic E-state index is 4.96. The fourth-order valence-corrected chi connectivity index (χ4v) is 9.19. The Morgan fingerprint density at radius 1 is 0.408 bits per heavy atom. The summed E-state index contributed by atoms with van der Waals surface area (Å²) in [7, 11) is 0. The third kappa shape index (κ3) is 3.80. The zero-order valence-electron chi connectivity index (χ0n) is 26.3. The number of hydrogen-bond acceptors (Lipinski definition) is 2. The van der Waals surface area contributed by atoms with Crippen LogP contribution in [0, 0.1) is 0 Å². The van der Waals surface area contributed by atoms with Gasteiger partial charge in [0, 0.05) is 64.7 Å². The van der Waals surface area contributed by atoms with Crippen molar-refractivity contribution >= 4 is 86.0 Å². The van der Waals surface area contributed by atoms with Crippen molar-refractivity contribution in [2.75, 3.05) is 0 Å². The zero-order valence-corrected chi connectivity index (χ0v) is 27.2. The van der Waals surface area contributed by atoms with Gasteiger partial charge in [0.15, 0.2) is 0 Å². The summed E-state index contributed by atoms with van der Waals surface area (Å²) < 4.78 is 7.51. The van der Waals surface area contributed by atoms with Crippen molar-refractivity contribution in [3.05, 3.63) is 164 Å². The van der Waals surface area contributed by atoms with E-state index in [1.807, 2.05) is 17.5 Å². The van der Waals surface area contributed by atoms with Crippen molar-refractivity contribution in [2.45, 2.75) is 0 Å². The molecule has 4 heteroatoms. The van der Waals surface area contributed by atoms with E-state index in [2.05, 4.69) is 167 Å². The maximum Gasteiger partial charge on any atom is 0.0788 e. The molecule has 49 heavy (non-hydrogen) atoms. The van der Waals surface area contributed by atoms with Crippen molar-refractivity contribution in [3.63, 3.8) is 0 Å². The first-order chi connectivity index (χ1) is 24.3. The van der Waals surface area contributed by atoms with Gasteiger partial charge < -0.3 is 9.13 Å². The molecule has 11 rings (SSSR count). The Labute approximate surface area is 285 Å². The average Bonchev–Trinajstić information content (AvgIpc) is 3.83. The van der Waals surface area contributed by atoms with Crippen LogP contribution < -0.4 is 0 Å². The Kier molecular flexibility index (Phi) is 5.54. The van der Waals surface area contributed by atoms with Gasteiger partial charge in [-0.3, -0.25) is 4.98 Å². The van der Waals surface area contributed by atoms with Gasteiger partial charge in [0.1, 0.15) is 0 Å². The molecule has 0 atom stereocenters. The Hall–Kier alpha value is -6.23. The summed E-state index contributed by atoms with van der Waals surface area (Å²) in [5, 5.41) is 8.71. The lowest BCUT2D eigenvalue weighted by atomic mass is 10.0. The second kappa shape index (κ2) is 10.1. The molecule has 0 aliphatic heterocycles. The van der Waals surface area contributed by atoms with Crippen LogP contribution in [0.15, 0.2) is 164 Å². The van der Waals surface area contributed by atoms with Gasteiger partial charge in [-0.25, -0.2) is 0 Å². The summed E-state index contributed by atoms with van der Waals surface area (Å²) in [5.74, 6) is 0. The summed E-state index contributed by atoms with van der Waals surface area (Å²) in [5.41, 5.74) is 10.5. The molecule has 0 unspecified atom stereocenters. The van der Waals surface area contributed by atoms with E-state index in [4.69, 9.17) is 4.98 Å². The summed E-state index contributed by atoms with van der Waals surface area (Å²) in [6, 6.07) is 57.3. The highest BCUT2D eigenvalue weighted by Gasteiger charge is 2.21. The molecule has 0 saturated carbocycles. The van der Waals surface area contributed by atoms with Gasteiger partial charge in [-0.2, -0.15) is 0 Å². The highest BCUT2D eigenvalue weighted by molar-refractivity contribution is 7.26. The average molecular weight is 642 g/mol. The second-order valence-corrected chi connectivity index (χ2v) is 13.8. The fourth-order valence-electron chi connectivity index (χ4n) is 7.98. The maximum atomic E-state index is 4.96. The van der Waals surface area contributed by atoms with Crippen LogP contribution in [-0.2, 0) is 0 Å². The molecule has 228 valence electrons. The monoisotopic (exact) mass is 641 g/mol. The molecule has 11 aromatic rings. The first-order valence-electron chi connectivity index (χ1n) is 16.6. The number of nitrogens with zero attached hydrogens (tertiary/aromatic N) is 3. The quantitative estimate of drug-likeness (QED) is 0.188. The number of aromatic nitrogens is 3. The third-order valence-corrected chi connectivity index (χ3v) is 11.3. The number of thiophene rings is 1. The molecular formula is C45H27N3S. The molecule has 4 aromatic heterocycles. The standard InChI is InChI=1S/C45H27N3S/c1-2-12-30(13-3-1)47-40-18-7-4-15-32(40)35-23-24-36-33-16-5-8-19-41(33)48(44(36)43(35)47)31-14-10-11-28(25-31)29-21-22-37-39(26-29)46-27-38-34-17-6-9-20-42(34)49-45(37)38/h1-27H. The van der Waals surface area contributed by atoms with Crippen LogP contribution in [-0.4, -0.2) is 14.1 Å². The Morgan fingerprint density at radius 2 is 1.00 bits per heavy atom. The largest absolute Gasteiger partial charge is 0.307 e. The minimum Gasteiger partial charge on any atom is -0.307 e. The van der Waals surface area contributed by atoms with Crippen LogP contribution in [0.3, 0.4) is 0 Å². The van der Waals surface area contributed by atoms with E-state index in [-0.39, 0.29) is 0 Å². The number of pyridine rings is 1. The van der Waals surface area contributed by atoms with E-state index in [1.54, 1.807) is 0 Å². The molecular weight excluding hydrogens is 615 g/mol. The zero-order chi connectivity index (χ0) is 32.1. The van der Waals surface area contributed by atoms with Gasteiger partial charge >= 0.3 is 0 Å². The number of fused-ring (bicyclic) bond motifs is 12. The molecule has 3 nitrogen and oxygen atoms in total. The molecule has 0 spiro atoms. The third-order valence-electron chi connectivity index (χ3n) is 10.1. The van der Waals surface area contributed by atoms with Gasteiger partial charge in [0.25, 0.3) is 0 Å². The minimum atomic E-state index is 1.02. The molecule has 0 aliphatic rings. The van der Waals surface area contributed by atoms with E-state index in [9.17, 15) is 0 Å². The normalized spacial score (nSPS) is 12.1. The Morgan fingerprint density at radius 3 is 1.76 bits per heavy atom. The summed E-state index contributed by atoms with van der Waals surface area (Å²) in [4.78, 5) is 4.96. The first-order valence-corrected chi connectivity index (χ1v) is 17.4. The van der Waals surface area contributed by atoms with Crippen molar-refractivity contribution in [1.29, 1.82) is 0 Å². The van der Waals surface area contributed by atoms with Crippen LogP contribution in [0.2, 0.25) is 0 Å². The van der Waals surface area contributed by atoms with Crippen LogP contribution >= 0.6 is 11.3 Å². The molecule has 0 N–H and O–H groups in total. The molecule has 0 bridgehead atoms.